The zero-order valence-corrected chi connectivity index (χ0v) is 19.0. The highest BCUT2D eigenvalue weighted by Gasteiger charge is 2.30. The molecule has 0 saturated carbocycles. The summed E-state index contributed by atoms with van der Waals surface area (Å²) in [5.41, 5.74) is 0.278. The number of benzene rings is 2. The molecule has 0 aliphatic rings. The average Bonchev–Trinajstić information content (AvgIpc) is 2.74. The van der Waals surface area contributed by atoms with Crippen LogP contribution in [0.2, 0.25) is 0 Å². The van der Waals surface area contributed by atoms with Gasteiger partial charge in [0, 0.05) is 18.7 Å². The molecule has 1 atom stereocenters. The lowest BCUT2D eigenvalue weighted by Gasteiger charge is -2.31. The third-order valence-electron chi connectivity index (χ3n) is 4.81. The van der Waals surface area contributed by atoms with Gasteiger partial charge < -0.3 is 10.2 Å². The van der Waals surface area contributed by atoms with Crippen molar-refractivity contribution in [1.82, 2.24) is 10.2 Å². The van der Waals surface area contributed by atoms with Crippen molar-refractivity contribution in [2.75, 3.05) is 23.7 Å². The van der Waals surface area contributed by atoms with Crippen molar-refractivity contribution in [1.29, 1.82) is 0 Å². The number of nitrogens with one attached hydrogen (secondary N) is 1. The van der Waals surface area contributed by atoms with E-state index in [0.29, 0.717) is 13.0 Å². The molecule has 1 N–H and O–H groups in total. The first-order valence-corrected chi connectivity index (χ1v) is 11.9. The summed E-state index contributed by atoms with van der Waals surface area (Å²) in [5, 5.41) is 2.69. The molecule has 0 bridgehead atoms. The Kier molecular flexibility index (Phi) is 8.71. The van der Waals surface area contributed by atoms with Crippen LogP contribution in [0.3, 0.4) is 0 Å². The van der Waals surface area contributed by atoms with Crippen LogP contribution in [0.4, 0.5) is 14.5 Å². The SMILES string of the molecule is CCCNC(=O)C(C)N(Cc1ccccc1F)C(=O)CN(c1ccc(F)cc1)S(C)(=O)=O. The number of hydrogen-bond acceptors (Lipinski definition) is 4. The Morgan fingerprint density at radius 2 is 1.69 bits per heavy atom. The Morgan fingerprint density at radius 3 is 2.25 bits per heavy atom. The van der Waals surface area contributed by atoms with Gasteiger partial charge in [-0.25, -0.2) is 17.2 Å². The van der Waals surface area contributed by atoms with Gasteiger partial charge in [-0.05, 0) is 43.7 Å². The summed E-state index contributed by atoms with van der Waals surface area (Å²) in [6.45, 7) is 2.90. The van der Waals surface area contributed by atoms with Gasteiger partial charge in [0.25, 0.3) is 0 Å². The number of carbonyl (C=O) groups is 2. The van der Waals surface area contributed by atoms with E-state index in [1.165, 1.54) is 37.3 Å². The molecule has 2 aromatic rings. The van der Waals surface area contributed by atoms with Crippen molar-refractivity contribution in [2.45, 2.75) is 32.9 Å². The second kappa shape index (κ2) is 11.0. The van der Waals surface area contributed by atoms with Crippen LogP contribution >= 0.6 is 0 Å². The number of anilines is 1. The van der Waals surface area contributed by atoms with E-state index in [-0.39, 0.29) is 17.8 Å². The Hall–Kier alpha value is -3.01. The Labute approximate surface area is 187 Å². The molecule has 0 aliphatic carbocycles. The van der Waals surface area contributed by atoms with Crippen molar-refractivity contribution in [3.8, 4) is 0 Å². The monoisotopic (exact) mass is 467 g/mol. The van der Waals surface area contributed by atoms with Crippen LogP contribution < -0.4 is 9.62 Å². The zero-order chi connectivity index (χ0) is 23.9. The molecular weight excluding hydrogens is 440 g/mol. The third kappa shape index (κ3) is 6.74. The summed E-state index contributed by atoms with van der Waals surface area (Å²) in [4.78, 5) is 26.9. The molecule has 174 valence electrons. The third-order valence-corrected chi connectivity index (χ3v) is 5.95. The smallest absolute Gasteiger partial charge is 0.244 e. The lowest BCUT2D eigenvalue weighted by molar-refractivity contribution is -0.139. The molecule has 0 spiro atoms. The van der Waals surface area contributed by atoms with Gasteiger partial charge in [0.2, 0.25) is 21.8 Å². The van der Waals surface area contributed by atoms with Crippen LogP contribution in [-0.4, -0.2) is 50.5 Å². The predicted octanol–water partition coefficient (Wildman–Crippen LogP) is 2.67. The maximum absolute atomic E-state index is 14.3. The number of carbonyl (C=O) groups excluding carboxylic acids is 2. The fraction of sp³-hybridized carbons (Fsp3) is 0.364. The first kappa shape index (κ1) is 25.3. The van der Waals surface area contributed by atoms with Crippen LogP contribution in [0.25, 0.3) is 0 Å². The topological polar surface area (TPSA) is 86.8 Å². The first-order chi connectivity index (χ1) is 15.0. The van der Waals surface area contributed by atoms with Crippen LogP contribution in [-0.2, 0) is 26.2 Å². The van der Waals surface area contributed by atoms with E-state index in [2.05, 4.69) is 5.32 Å². The van der Waals surface area contributed by atoms with E-state index in [1.807, 2.05) is 6.92 Å². The molecule has 0 saturated heterocycles. The maximum Gasteiger partial charge on any atom is 0.244 e. The lowest BCUT2D eigenvalue weighted by atomic mass is 10.1. The molecule has 2 amide bonds. The van der Waals surface area contributed by atoms with Crippen molar-refractivity contribution < 1.29 is 26.8 Å². The zero-order valence-electron chi connectivity index (χ0n) is 18.2. The van der Waals surface area contributed by atoms with E-state index in [1.54, 1.807) is 6.07 Å². The van der Waals surface area contributed by atoms with Crippen molar-refractivity contribution in [2.24, 2.45) is 0 Å². The van der Waals surface area contributed by atoms with E-state index in [9.17, 15) is 26.8 Å². The van der Waals surface area contributed by atoms with Gasteiger partial charge in [0.05, 0.1) is 11.9 Å². The summed E-state index contributed by atoms with van der Waals surface area (Å²) in [6, 6.07) is 9.48. The molecule has 0 aliphatic heterocycles. The highest BCUT2D eigenvalue weighted by atomic mass is 32.2. The average molecular weight is 468 g/mol. The number of rotatable bonds is 10. The molecule has 2 rings (SSSR count). The summed E-state index contributed by atoms with van der Waals surface area (Å²) in [7, 11) is -3.91. The van der Waals surface area contributed by atoms with Gasteiger partial charge in [-0.3, -0.25) is 13.9 Å². The number of nitrogens with zero attached hydrogens (tertiary/aromatic N) is 2. The van der Waals surface area contributed by atoms with Gasteiger partial charge in [-0.2, -0.15) is 0 Å². The summed E-state index contributed by atoms with van der Waals surface area (Å²) < 4.78 is 53.1. The van der Waals surface area contributed by atoms with Crippen LogP contribution in [0, 0.1) is 11.6 Å². The predicted molar refractivity (Wildman–Crippen MR) is 118 cm³/mol. The number of halogens is 2. The number of sulfonamides is 1. The van der Waals surface area contributed by atoms with E-state index in [4.69, 9.17) is 0 Å². The molecule has 32 heavy (non-hydrogen) atoms. The van der Waals surface area contributed by atoms with Gasteiger partial charge in [0.1, 0.15) is 24.2 Å². The highest BCUT2D eigenvalue weighted by Crippen LogP contribution is 2.20. The molecule has 0 aromatic heterocycles. The molecular formula is C22H27F2N3O4S. The highest BCUT2D eigenvalue weighted by molar-refractivity contribution is 7.92. The summed E-state index contributed by atoms with van der Waals surface area (Å²) in [6.07, 6.45) is 1.61. The molecule has 10 heteroatoms. The molecule has 0 radical (unpaired) electrons. The van der Waals surface area contributed by atoms with Crippen LogP contribution in [0.1, 0.15) is 25.8 Å². The molecule has 7 nitrogen and oxygen atoms in total. The number of amides is 2. The molecule has 2 aromatic carbocycles. The van der Waals surface area contributed by atoms with Gasteiger partial charge in [0.15, 0.2) is 0 Å². The summed E-state index contributed by atoms with van der Waals surface area (Å²) >= 11 is 0. The van der Waals surface area contributed by atoms with E-state index >= 15 is 0 Å². The van der Waals surface area contributed by atoms with E-state index < -0.39 is 46.1 Å². The maximum atomic E-state index is 14.3. The standard InChI is InChI=1S/C22H27F2N3O4S/c1-4-13-25-22(29)16(2)26(14-17-7-5-6-8-20(17)24)21(28)15-27(32(3,30)31)19-11-9-18(23)10-12-19/h5-12,16H,4,13-15H2,1-3H3,(H,25,29). The Balaban J connectivity index is 2.37. The molecule has 0 heterocycles. The molecule has 1 unspecified atom stereocenters. The van der Waals surface area contributed by atoms with Gasteiger partial charge in [-0.1, -0.05) is 25.1 Å². The molecule has 0 fully saturated rings. The van der Waals surface area contributed by atoms with Gasteiger partial charge in [-0.15, -0.1) is 0 Å². The second-order valence-corrected chi connectivity index (χ2v) is 9.23. The fourth-order valence-corrected chi connectivity index (χ4v) is 3.86. The second-order valence-electron chi connectivity index (χ2n) is 7.33. The minimum absolute atomic E-state index is 0.0937. The fourth-order valence-electron chi connectivity index (χ4n) is 3.01. The van der Waals surface area contributed by atoms with E-state index in [0.717, 1.165) is 27.6 Å². The lowest BCUT2D eigenvalue weighted by Crippen LogP contribution is -2.51. The van der Waals surface area contributed by atoms with Gasteiger partial charge >= 0.3 is 0 Å². The van der Waals surface area contributed by atoms with Crippen molar-refractivity contribution in [3.05, 3.63) is 65.7 Å². The van der Waals surface area contributed by atoms with Crippen LogP contribution in [0.5, 0.6) is 0 Å². The minimum Gasteiger partial charge on any atom is -0.354 e. The summed E-state index contributed by atoms with van der Waals surface area (Å²) in [5.74, 6) is -2.26. The first-order valence-electron chi connectivity index (χ1n) is 10.1. The number of hydrogen-bond donors (Lipinski definition) is 1. The van der Waals surface area contributed by atoms with Crippen molar-refractivity contribution >= 4 is 27.5 Å². The normalized spacial score (nSPS) is 12.2. The van der Waals surface area contributed by atoms with Crippen molar-refractivity contribution in [3.63, 3.8) is 0 Å². The largest absolute Gasteiger partial charge is 0.354 e. The Bertz CT molecular complexity index is 1050. The minimum atomic E-state index is -3.91. The quantitative estimate of drug-likeness (QED) is 0.582. The van der Waals surface area contributed by atoms with Crippen LogP contribution in [0.15, 0.2) is 48.5 Å². The Morgan fingerprint density at radius 1 is 1.06 bits per heavy atom.